The van der Waals surface area contributed by atoms with Crippen LogP contribution in [0.2, 0.25) is 0 Å². The smallest absolute Gasteiger partial charge is 0.128 e. The van der Waals surface area contributed by atoms with Crippen molar-refractivity contribution in [3.05, 3.63) is 101 Å². The number of fused-ring (bicyclic) bond motifs is 1. The van der Waals surface area contributed by atoms with Crippen LogP contribution in [0.4, 0.5) is 14.5 Å². The van der Waals surface area contributed by atoms with Crippen LogP contribution < -0.4 is 5.01 Å². The second-order valence-electron chi connectivity index (χ2n) is 7.62. The fourth-order valence-corrected chi connectivity index (χ4v) is 4.45. The van der Waals surface area contributed by atoms with Gasteiger partial charge in [-0.05, 0) is 67.5 Å². The summed E-state index contributed by atoms with van der Waals surface area (Å²) in [7, 11) is 0. The van der Waals surface area contributed by atoms with Gasteiger partial charge in [0.2, 0.25) is 0 Å². The van der Waals surface area contributed by atoms with Crippen molar-refractivity contribution in [1.29, 1.82) is 5.26 Å². The Hall–Kier alpha value is -3.59. The number of nitriles is 1. The fourth-order valence-electron chi connectivity index (χ4n) is 4.45. The van der Waals surface area contributed by atoms with Crippen molar-refractivity contribution in [3.8, 4) is 6.07 Å². The normalized spacial score (nSPS) is 20.2. The molecule has 1 saturated heterocycles. The summed E-state index contributed by atoms with van der Waals surface area (Å²) in [5.41, 5.74) is 4.01. The fraction of sp³-hybridized carbons (Fsp3) is 0.208. The van der Waals surface area contributed by atoms with Crippen LogP contribution in [-0.4, -0.2) is 23.0 Å². The number of likely N-dealkylation sites (tertiary alicyclic amines) is 1. The summed E-state index contributed by atoms with van der Waals surface area (Å²) in [5, 5.41) is 13.3. The Bertz CT molecular complexity index is 1130. The van der Waals surface area contributed by atoms with E-state index >= 15 is 0 Å². The average molecular weight is 402 g/mol. The number of hydrazine groups is 1. The van der Waals surface area contributed by atoms with Crippen molar-refractivity contribution in [2.75, 3.05) is 18.1 Å². The first-order valence-corrected chi connectivity index (χ1v) is 10.0. The Morgan fingerprint density at radius 1 is 1.07 bits per heavy atom. The third kappa shape index (κ3) is 3.13. The van der Waals surface area contributed by atoms with Crippen LogP contribution in [0.15, 0.2) is 78.3 Å². The molecule has 5 rings (SSSR count). The summed E-state index contributed by atoms with van der Waals surface area (Å²) in [6.45, 7) is 1.50. The number of rotatable bonds is 3. The Morgan fingerprint density at radius 3 is 2.83 bits per heavy atom. The lowest BCUT2D eigenvalue weighted by Gasteiger charge is -2.35. The summed E-state index contributed by atoms with van der Waals surface area (Å²) < 4.78 is 28.1. The molecule has 1 fully saturated rings. The van der Waals surface area contributed by atoms with Gasteiger partial charge in [0.05, 0.1) is 35.6 Å². The largest absolute Gasteiger partial charge is 0.364 e. The second-order valence-corrected chi connectivity index (χ2v) is 7.62. The van der Waals surface area contributed by atoms with Crippen LogP contribution >= 0.6 is 0 Å². The standard InChI is InChI=1S/C24H20F2N4/c25-18-6-7-23(26)22(14-18)24-5-2-10-28(24)19-8-11-30-21(15-19)9-12-29(30)20-4-1-3-17(13-20)16-27/h1,3-4,6-9,11,13-15,24H,2,5,10,12H2/t24-/m1/s1. The van der Waals surface area contributed by atoms with Gasteiger partial charge in [0.25, 0.3) is 0 Å². The zero-order chi connectivity index (χ0) is 20.7. The summed E-state index contributed by atoms with van der Waals surface area (Å²) in [6, 6.07) is 13.2. The first-order valence-electron chi connectivity index (χ1n) is 10.0. The summed E-state index contributed by atoms with van der Waals surface area (Å²) in [6.07, 6.45) is 9.94. The SMILES string of the molecule is N#Cc1cccc(N2CC=C3C=C(N4CCC[C@@H]4c4cc(F)ccc4F)C=CN32)c1. The molecule has 0 saturated carbocycles. The Morgan fingerprint density at radius 2 is 1.97 bits per heavy atom. The second kappa shape index (κ2) is 7.34. The lowest BCUT2D eigenvalue weighted by atomic mass is 10.0. The third-order valence-electron chi connectivity index (χ3n) is 5.86. The number of nitrogens with zero attached hydrogens (tertiary/aromatic N) is 4. The summed E-state index contributed by atoms with van der Waals surface area (Å²) in [5.74, 6) is -0.773. The van der Waals surface area contributed by atoms with Crippen LogP contribution in [0.1, 0.15) is 30.0 Å². The van der Waals surface area contributed by atoms with Gasteiger partial charge in [-0.15, -0.1) is 0 Å². The molecule has 0 aliphatic carbocycles. The minimum atomic E-state index is -0.411. The molecule has 4 nitrogen and oxygen atoms in total. The van der Waals surface area contributed by atoms with Crippen molar-refractivity contribution in [1.82, 2.24) is 9.91 Å². The van der Waals surface area contributed by atoms with E-state index in [-0.39, 0.29) is 11.9 Å². The Balaban J connectivity index is 1.40. The molecule has 3 aliphatic rings. The van der Waals surface area contributed by atoms with Crippen molar-refractivity contribution in [2.45, 2.75) is 18.9 Å². The number of hydrogen-bond donors (Lipinski definition) is 0. The zero-order valence-corrected chi connectivity index (χ0v) is 16.3. The number of halogens is 2. The highest BCUT2D eigenvalue weighted by Gasteiger charge is 2.32. The highest BCUT2D eigenvalue weighted by Crippen LogP contribution is 2.39. The molecule has 2 aromatic carbocycles. The number of allylic oxidation sites excluding steroid dienone is 2. The van der Waals surface area contributed by atoms with E-state index in [1.165, 1.54) is 12.1 Å². The van der Waals surface area contributed by atoms with E-state index in [0.29, 0.717) is 17.7 Å². The molecule has 150 valence electrons. The predicted octanol–water partition coefficient (Wildman–Crippen LogP) is 5.01. The Labute approximate surface area is 174 Å². The Kier molecular flexibility index (Phi) is 4.51. The number of benzene rings is 2. The molecule has 3 aliphatic heterocycles. The van der Waals surface area contributed by atoms with E-state index < -0.39 is 5.82 Å². The van der Waals surface area contributed by atoms with Crippen LogP contribution in [0.25, 0.3) is 0 Å². The molecule has 3 heterocycles. The van der Waals surface area contributed by atoms with E-state index in [4.69, 9.17) is 0 Å². The molecule has 2 aromatic rings. The van der Waals surface area contributed by atoms with Crippen molar-refractivity contribution in [2.24, 2.45) is 0 Å². The number of anilines is 1. The maximum atomic E-state index is 14.4. The highest BCUT2D eigenvalue weighted by molar-refractivity contribution is 5.55. The van der Waals surface area contributed by atoms with Gasteiger partial charge in [0.1, 0.15) is 11.6 Å². The van der Waals surface area contributed by atoms with E-state index in [9.17, 15) is 14.0 Å². The average Bonchev–Trinajstić information content (AvgIpc) is 3.42. The molecular formula is C24H20F2N4. The molecule has 0 bridgehead atoms. The van der Waals surface area contributed by atoms with Gasteiger partial charge in [-0.2, -0.15) is 5.26 Å². The molecule has 0 radical (unpaired) electrons. The molecular weight excluding hydrogens is 382 g/mol. The van der Waals surface area contributed by atoms with Crippen LogP contribution in [0.3, 0.4) is 0 Å². The van der Waals surface area contributed by atoms with E-state index in [1.807, 2.05) is 35.5 Å². The molecule has 6 heteroatoms. The maximum Gasteiger partial charge on any atom is 0.128 e. The molecule has 0 aromatic heterocycles. The van der Waals surface area contributed by atoms with Crippen molar-refractivity contribution in [3.63, 3.8) is 0 Å². The summed E-state index contributed by atoms with van der Waals surface area (Å²) in [4.78, 5) is 2.16. The molecule has 30 heavy (non-hydrogen) atoms. The maximum absolute atomic E-state index is 14.4. The van der Waals surface area contributed by atoms with E-state index in [2.05, 4.69) is 28.1 Å². The van der Waals surface area contributed by atoms with Crippen molar-refractivity contribution >= 4 is 5.69 Å². The topological polar surface area (TPSA) is 33.5 Å². The van der Waals surface area contributed by atoms with Crippen molar-refractivity contribution < 1.29 is 8.78 Å². The van der Waals surface area contributed by atoms with E-state index in [0.717, 1.165) is 42.5 Å². The molecule has 0 amide bonds. The summed E-state index contributed by atoms with van der Waals surface area (Å²) >= 11 is 0. The molecule has 0 N–H and O–H groups in total. The lowest BCUT2D eigenvalue weighted by molar-refractivity contribution is 0.322. The number of hydrogen-bond acceptors (Lipinski definition) is 4. The molecule has 0 spiro atoms. The van der Waals surface area contributed by atoms with Crippen LogP contribution in [0.5, 0.6) is 0 Å². The zero-order valence-electron chi connectivity index (χ0n) is 16.3. The quantitative estimate of drug-likeness (QED) is 0.723. The minimum Gasteiger partial charge on any atom is -0.364 e. The van der Waals surface area contributed by atoms with E-state index in [1.54, 1.807) is 6.07 Å². The monoisotopic (exact) mass is 402 g/mol. The van der Waals surface area contributed by atoms with Crippen LogP contribution in [0, 0.1) is 23.0 Å². The lowest BCUT2D eigenvalue weighted by Crippen LogP contribution is -2.35. The molecule has 1 atom stereocenters. The van der Waals surface area contributed by atoms with Crippen LogP contribution in [-0.2, 0) is 0 Å². The van der Waals surface area contributed by atoms with Gasteiger partial charge in [-0.3, -0.25) is 10.0 Å². The molecule has 0 unspecified atom stereocenters. The van der Waals surface area contributed by atoms with Gasteiger partial charge in [0.15, 0.2) is 0 Å². The third-order valence-corrected chi connectivity index (χ3v) is 5.86. The van der Waals surface area contributed by atoms with Gasteiger partial charge >= 0.3 is 0 Å². The van der Waals surface area contributed by atoms with Gasteiger partial charge < -0.3 is 4.90 Å². The first-order chi connectivity index (χ1) is 14.6. The van der Waals surface area contributed by atoms with Gasteiger partial charge in [-0.1, -0.05) is 6.07 Å². The van der Waals surface area contributed by atoms with Gasteiger partial charge in [0, 0.05) is 24.0 Å². The predicted molar refractivity (Wildman–Crippen MR) is 111 cm³/mol. The minimum absolute atomic E-state index is 0.173. The first kappa shape index (κ1) is 18.4. The van der Waals surface area contributed by atoms with Gasteiger partial charge in [-0.25, -0.2) is 8.78 Å². The highest BCUT2D eigenvalue weighted by atomic mass is 19.1.